The Morgan fingerprint density at radius 2 is 0.434 bits per heavy atom. The maximum absolute atomic E-state index is 13.0. The van der Waals surface area contributed by atoms with Crippen LogP contribution in [0.3, 0.4) is 0 Å². The number of hydrogen-bond acceptors (Lipinski definition) is 6. The first-order chi connectivity index (χ1) is 41.0. The number of ether oxygens (including phenoxy) is 3. The van der Waals surface area contributed by atoms with Crippen LogP contribution in [0.15, 0.2) is 48.6 Å². The molecule has 0 amide bonds. The Hall–Kier alpha value is -2.63. The Morgan fingerprint density at radius 1 is 0.241 bits per heavy atom. The van der Waals surface area contributed by atoms with Crippen molar-refractivity contribution >= 4 is 17.9 Å². The van der Waals surface area contributed by atoms with Crippen LogP contribution in [0, 0.1) is 0 Å². The van der Waals surface area contributed by atoms with E-state index in [1.165, 1.54) is 302 Å². The summed E-state index contributed by atoms with van der Waals surface area (Å²) in [6, 6.07) is 0. The van der Waals surface area contributed by atoms with Crippen LogP contribution in [0.5, 0.6) is 0 Å². The van der Waals surface area contributed by atoms with Crippen LogP contribution < -0.4 is 0 Å². The molecule has 0 aromatic carbocycles. The molecule has 0 saturated carbocycles. The predicted octanol–water partition coefficient (Wildman–Crippen LogP) is 25.7. The summed E-state index contributed by atoms with van der Waals surface area (Å²) in [4.78, 5) is 38.5. The molecule has 6 heteroatoms. The zero-order chi connectivity index (χ0) is 59.9. The van der Waals surface area contributed by atoms with Gasteiger partial charge in [0.1, 0.15) is 13.2 Å². The largest absolute Gasteiger partial charge is 0.462 e. The molecule has 0 spiro atoms. The predicted molar refractivity (Wildman–Crippen MR) is 362 cm³/mol. The third-order valence-corrected chi connectivity index (χ3v) is 16.8. The Kier molecular flexibility index (Phi) is 69.6. The minimum absolute atomic E-state index is 0.0721. The van der Waals surface area contributed by atoms with E-state index in [9.17, 15) is 14.4 Å². The lowest BCUT2D eigenvalue weighted by Crippen LogP contribution is -2.30. The first-order valence-corrected chi connectivity index (χ1v) is 37.1. The number of hydrogen-bond donors (Lipinski definition) is 0. The highest BCUT2D eigenvalue weighted by Gasteiger charge is 2.19. The van der Waals surface area contributed by atoms with Crippen LogP contribution in [0.25, 0.3) is 0 Å². The summed E-state index contributed by atoms with van der Waals surface area (Å²) in [6.45, 7) is 6.68. The summed E-state index contributed by atoms with van der Waals surface area (Å²) < 4.78 is 17.0. The van der Waals surface area contributed by atoms with Crippen molar-refractivity contribution in [3.8, 4) is 0 Å². The summed E-state index contributed by atoms with van der Waals surface area (Å²) in [5, 5.41) is 0. The van der Waals surface area contributed by atoms with Crippen LogP contribution in [0.2, 0.25) is 0 Å². The number of esters is 3. The van der Waals surface area contributed by atoms with Crippen LogP contribution >= 0.6 is 0 Å². The minimum atomic E-state index is -0.778. The lowest BCUT2D eigenvalue weighted by molar-refractivity contribution is -0.167. The smallest absolute Gasteiger partial charge is 0.306 e. The number of carbonyl (C=O) groups is 3. The highest BCUT2D eigenvalue weighted by Crippen LogP contribution is 2.18. The first kappa shape index (κ1) is 80.4. The molecule has 0 heterocycles. The van der Waals surface area contributed by atoms with Gasteiger partial charge in [0.25, 0.3) is 0 Å². The van der Waals surface area contributed by atoms with Crippen molar-refractivity contribution < 1.29 is 28.6 Å². The van der Waals surface area contributed by atoms with Crippen molar-refractivity contribution in [3.05, 3.63) is 48.6 Å². The Labute approximate surface area is 518 Å². The van der Waals surface area contributed by atoms with E-state index in [1.807, 2.05) is 0 Å². The highest BCUT2D eigenvalue weighted by molar-refractivity contribution is 5.71. The van der Waals surface area contributed by atoms with Gasteiger partial charge in [-0.15, -0.1) is 0 Å². The monoisotopic (exact) mass is 1160 g/mol. The van der Waals surface area contributed by atoms with Gasteiger partial charge in [0, 0.05) is 19.3 Å². The maximum Gasteiger partial charge on any atom is 0.306 e. The second-order valence-electron chi connectivity index (χ2n) is 25.2. The molecular weight excluding hydrogens is 1020 g/mol. The molecule has 0 aromatic rings. The fourth-order valence-electron chi connectivity index (χ4n) is 11.2. The molecule has 0 aromatic heterocycles. The van der Waals surface area contributed by atoms with Crippen molar-refractivity contribution in [3.63, 3.8) is 0 Å². The van der Waals surface area contributed by atoms with E-state index in [1.54, 1.807) is 0 Å². The molecule has 1 atom stereocenters. The van der Waals surface area contributed by atoms with Crippen molar-refractivity contribution in [2.45, 2.75) is 412 Å². The van der Waals surface area contributed by atoms with Crippen LogP contribution in [0.4, 0.5) is 0 Å². The molecule has 0 N–H and O–H groups in total. The van der Waals surface area contributed by atoms with Gasteiger partial charge in [0.15, 0.2) is 6.10 Å². The maximum atomic E-state index is 13.0. The average molecular weight is 1160 g/mol. The Balaban J connectivity index is 4.24. The molecule has 83 heavy (non-hydrogen) atoms. The summed E-state index contributed by atoms with van der Waals surface area (Å²) in [6.07, 6.45) is 91.5. The summed E-state index contributed by atoms with van der Waals surface area (Å²) in [5.74, 6) is -0.853. The normalized spacial score (nSPS) is 12.3. The van der Waals surface area contributed by atoms with E-state index in [0.29, 0.717) is 19.3 Å². The molecule has 0 saturated heterocycles. The van der Waals surface area contributed by atoms with Crippen LogP contribution in [-0.2, 0) is 28.6 Å². The van der Waals surface area contributed by atoms with Crippen molar-refractivity contribution in [2.24, 2.45) is 0 Å². The zero-order valence-corrected chi connectivity index (χ0v) is 56.0. The van der Waals surface area contributed by atoms with Gasteiger partial charge in [-0.05, 0) is 103 Å². The summed E-state index contributed by atoms with van der Waals surface area (Å²) >= 11 is 0. The third kappa shape index (κ3) is 70.0. The van der Waals surface area contributed by atoms with Gasteiger partial charge in [0.2, 0.25) is 0 Å². The molecule has 6 nitrogen and oxygen atoms in total. The SMILES string of the molecule is CCCCC/C=C\C/C=C\CCCCCCCCCCCC(=O)OC(COC(=O)CCCCCCCCC/C=C\CCCCCCCC)COC(=O)CCCCCCCCCCCCCCCCCCC/C=C\CCCCCCCCCC. The molecule has 0 aliphatic carbocycles. The molecule has 1 unspecified atom stereocenters. The van der Waals surface area contributed by atoms with Gasteiger partial charge in [-0.3, -0.25) is 14.4 Å². The molecule has 0 bridgehead atoms. The Morgan fingerprint density at radius 3 is 0.699 bits per heavy atom. The number of unbranched alkanes of at least 4 members (excludes halogenated alkanes) is 50. The molecule has 0 rings (SSSR count). The first-order valence-electron chi connectivity index (χ1n) is 37.1. The second kappa shape index (κ2) is 71.8. The number of rotatable bonds is 69. The van der Waals surface area contributed by atoms with E-state index in [4.69, 9.17) is 14.2 Å². The number of carbonyl (C=O) groups excluding carboxylic acids is 3. The van der Waals surface area contributed by atoms with E-state index in [-0.39, 0.29) is 31.1 Å². The van der Waals surface area contributed by atoms with Crippen molar-refractivity contribution in [2.75, 3.05) is 13.2 Å². The average Bonchev–Trinajstić information content (AvgIpc) is 3.49. The van der Waals surface area contributed by atoms with E-state index >= 15 is 0 Å². The number of allylic oxidation sites excluding steroid dienone is 8. The van der Waals surface area contributed by atoms with Gasteiger partial charge in [-0.2, -0.15) is 0 Å². The standard InChI is InChI=1S/C77H142O6/c1-4-7-10-13-16-19-22-25-28-31-33-34-35-36-37-38-39-40-41-42-44-46-49-52-55-58-61-64-67-70-76(79)82-73-74(72-81-75(78)69-66-63-60-57-54-51-48-45-30-27-24-21-18-15-12-9-6-3)83-77(80)71-68-65-62-59-56-53-50-47-43-32-29-26-23-20-17-14-11-8-5-2/h17,20,26-27,29-31,33,74H,4-16,18-19,21-25,28,32,34-73H2,1-3H3/b20-17-,29-26-,30-27-,33-31-. The Bertz CT molecular complexity index is 1430. The van der Waals surface area contributed by atoms with Crippen LogP contribution in [-0.4, -0.2) is 37.2 Å². The van der Waals surface area contributed by atoms with Crippen molar-refractivity contribution in [1.82, 2.24) is 0 Å². The minimum Gasteiger partial charge on any atom is -0.462 e. The molecule has 0 aliphatic rings. The highest BCUT2D eigenvalue weighted by atomic mass is 16.6. The van der Waals surface area contributed by atoms with E-state index < -0.39 is 6.10 Å². The van der Waals surface area contributed by atoms with Crippen molar-refractivity contribution in [1.29, 1.82) is 0 Å². The lowest BCUT2D eigenvalue weighted by atomic mass is 10.0. The molecule has 0 radical (unpaired) electrons. The van der Waals surface area contributed by atoms with Gasteiger partial charge in [-0.1, -0.05) is 333 Å². The molecule has 486 valence electrons. The fourth-order valence-corrected chi connectivity index (χ4v) is 11.2. The third-order valence-electron chi connectivity index (χ3n) is 16.8. The molecule has 0 aliphatic heterocycles. The lowest BCUT2D eigenvalue weighted by Gasteiger charge is -2.18. The summed E-state index contributed by atoms with van der Waals surface area (Å²) in [5.41, 5.74) is 0. The zero-order valence-electron chi connectivity index (χ0n) is 56.0. The quantitative estimate of drug-likeness (QED) is 0.0261. The van der Waals surface area contributed by atoms with Gasteiger partial charge >= 0.3 is 17.9 Å². The van der Waals surface area contributed by atoms with E-state index in [0.717, 1.165) is 64.2 Å². The van der Waals surface area contributed by atoms with Crippen LogP contribution in [0.1, 0.15) is 406 Å². The van der Waals surface area contributed by atoms with Gasteiger partial charge in [0.05, 0.1) is 0 Å². The van der Waals surface area contributed by atoms with E-state index in [2.05, 4.69) is 69.4 Å². The summed E-state index contributed by atoms with van der Waals surface area (Å²) in [7, 11) is 0. The topological polar surface area (TPSA) is 78.9 Å². The second-order valence-corrected chi connectivity index (χ2v) is 25.2. The van der Waals surface area contributed by atoms with Gasteiger partial charge in [-0.25, -0.2) is 0 Å². The van der Waals surface area contributed by atoms with Gasteiger partial charge < -0.3 is 14.2 Å². The fraction of sp³-hybridized carbons (Fsp3) is 0.857. The molecular formula is C77H142O6. The molecule has 0 fully saturated rings.